The highest BCUT2D eigenvalue weighted by Gasteiger charge is 2.32. The van der Waals surface area contributed by atoms with Crippen molar-refractivity contribution in [3.8, 4) is 11.7 Å². The van der Waals surface area contributed by atoms with Crippen molar-refractivity contribution < 1.29 is 31.9 Å². The number of carbonyl (C=O) groups excluding carboxylic acids is 1. The van der Waals surface area contributed by atoms with Crippen molar-refractivity contribution in [2.24, 2.45) is 0 Å². The standard InChI is InChI=1S/C22H20F3N3O4/c1-12-8-13-11-30-21(2,3)15(13)9-17(12)32-19-7-5-16(31-19)20(29)28-27-18-6-4-14(10-26-18)22(23,24)25/h4-10H,11H2,1-3H3,(H,26,27)(H,28,29). The van der Waals surface area contributed by atoms with Crippen LogP contribution < -0.4 is 15.6 Å². The molecule has 2 N–H and O–H groups in total. The van der Waals surface area contributed by atoms with E-state index in [1.165, 1.54) is 12.1 Å². The van der Waals surface area contributed by atoms with Gasteiger partial charge in [0.1, 0.15) is 11.6 Å². The molecule has 0 saturated heterocycles. The van der Waals surface area contributed by atoms with Crippen molar-refractivity contribution >= 4 is 11.7 Å². The number of pyridine rings is 1. The lowest BCUT2D eigenvalue weighted by atomic mass is 9.94. The molecule has 1 aromatic carbocycles. The number of rotatable bonds is 5. The van der Waals surface area contributed by atoms with Crippen molar-refractivity contribution in [1.29, 1.82) is 0 Å². The van der Waals surface area contributed by atoms with Crippen molar-refractivity contribution in [2.45, 2.75) is 39.2 Å². The number of alkyl halides is 3. The number of nitrogens with one attached hydrogen (secondary N) is 2. The quantitative estimate of drug-likeness (QED) is 0.515. The monoisotopic (exact) mass is 447 g/mol. The van der Waals surface area contributed by atoms with Crippen LogP contribution in [0.25, 0.3) is 0 Å². The minimum Gasteiger partial charge on any atom is -0.426 e. The maximum atomic E-state index is 12.6. The van der Waals surface area contributed by atoms with E-state index in [0.29, 0.717) is 18.6 Å². The average Bonchev–Trinajstić information content (AvgIpc) is 3.31. The summed E-state index contributed by atoms with van der Waals surface area (Å²) >= 11 is 0. The molecule has 10 heteroatoms. The molecule has 0 aliphatic carbocycles. The van der Waals surface area contributed by atoms with Crippen LogP contribution in [-0.2, 0) is 23.1 Å². The number of hydrogen-bond donors (Lipinski definition) is 2. The van der Waals surface area contributed by atoms with Gasteiger partial charge in [-0.2, -0.15) is 13.2 Å². The molecule has 4 rings (SSSR count). The summed E-state index contributed by atoms with van der Waals surface area (Å²) in [6.07, 6.45) is -3.82. The lowest BCUT2D eigenvalue weighted by Gasteiger charge is -2.19. The fourth-order valence-electron chi connectivity index (χ4n) is 3.30. The number of fused-ring (bicyclic) bond motifs is 1. The molecule has 3 aromatic rings. The summed E-state index contributed by atoms with van der Waals surface area (Å²) in [6.45, 7) is 6.39. The van der Waals surface area contributed by atoms with Gasteiger partial charge in [0.25, 0.3) is 5.95 Å². The SMILES string of the molecule is Cc1cc2c(cc1Oc1ccc(C(=O)NNc3ccc(C(F)(F)F)cn3)o1)C(C)(C)OC2. The van der Waals surface area contributed by atoms with Gasteiger partial charge in [-0.1, -0.05) is 0 Å². The molecule has 32 heavy (non-hydrogen) atoms. The number of furan rings is 1. The summed E-state index contributed by atoms with van der Waals surface area (Å²) in [7, 11) is 0. The molecule has 0 atom stereocenters. The Balaban J connectivity index is 1.40. The molecule has 0 fully saturated rings. The molecule has 0 bridgehead atoms. The van der Waals surface area contributed by atoms with E-state index in [9.17, 15) is 18.0 Å². The number of hydrogen-bond acceptors (Lipinski definition) is 6. The summed E-state index contributed by atoms with van der Waals surface area (Å²) < 4.78 is 54.8. The zero-order valence-electron chi connectivity index (χ0n) is 17.5. The van der Waals surface area contributed by atoms with Crippen LogP contribution in [0.15, 0.2) is 47.0 Å². The van der Waals surface area contributed by atoms with Crippen LogP contribution in [0.2, 0.25) is 0 Å². The number of ether oxygens (including phenoxy) is 2. The van der Waals surface area contributed by atoms with E-state index in [2.05, 4.69) is 15.8 Å². The van der Waals surface area contributed by atoms with Crippen molar-refractivity contribution in [3.63, 3.8) is 0 Å². The normalized spacial score (nSPS) is 14.7. The molecule has 0 unspecified atom stereocenters. The maximum absolute atomic E-state index is 12.6. The van der Waals surface area contributed by atoms with Crippen LogP contribution in [0.1, 0.15) is 46.7 Å². The Hall–Kier alpha value is -3.53. The van der Waals surface area contributed by atoms with Gasteiger partial charge in [-0.05, 0) is 67.8 Å². The Morgan fingerprint density at radius 1 is 1.19 bits per heavy atom. The topological polar surface area (TPSA) is 85.6 Å². The smallest absolute Gasteiger partial charge is 0.417 e. The second-order valence-electron chi connectivity index (χ2n) is 7.80. The molecule has 1 aliphatic heterocycles. The van der Waals surface area contributed by atoms with Gasteiger partial charge in [0.15, 0.2) is 5.76 Å². The zero-order chi connectivity index (χ0) is 23.1. The first-order chi connectivity index (χ1) is 15.0. The highest BCUT2D eigenvalue weighted by atomic mass is 19.4. The van der Waals surface area contributed by atoms with E-state index in [-0.39, 0.29) is 17.5 Å². The first kappa shape index (κ1) is 21.7. The number of hydrazine groups is 1. The predicted molar refractivity (Wildman–Crippen MR) is 108 cm³/mol. The third-order valence-corrected chi connectivity index (χ3v) is 5.05. The molecule has 1 amide bonds. The van der Waals surface area contributed by atoms with Gasteiger partial charge in [-0.15, -0.1) is 0 Å². The van der Waals surface area contributed by atoms with Crippen LogP contribution in [0.3, 0.4) is 0 Å². The largest absolute Gasteiger partial charge is 0.426 e. The first-order valence-corrected chi connectivity index (χ1v) is 9.68. The number of aromatic nitrogens is 1. The van der Waals surface area contributed by atoms with Crippen molar-refractivity contribution in [2.75, 3.05) is 5.43 Å². The average molecular weight is 447 g/mol. The molecule has 2 aromatic heterocycles. The fourth-order valence-corrected chi connectivity index (χ4v) is 3.30. The van der Waals surface area contributed by atoms with E-state index >= 15 is 0 Å². The molecule has 0 saturated carbocycles. The minimum atomic E-state index is -4.49. The van der Waals surface area contributed by atoms with Gasteiger partial charge in [0.05, 0.1) is 17.8 Å². The van der Waals surface area contributed by atoms with Gasteiger partial charge in [-0.25, -0.2) is 4.98 Å². The van der Waals surface area contributed by atoms with Gasteiger partial charge in [-0.3, -0.25) is 15.6 Å². The highest BCUT2D eigenvalue weighted by molar-refractivity contribution is 5.92. The Morgan fingerprint density at radius 3 is 2.66 bits per heavy atom. The maximum Gasteiger partial charge on any atom is 0.417 e. The number of nitrogens with zero attached hydrogens (tertiary/aromatic N) is 1. The lowest BCUT2D eigenvalue weighted by Crippen LogP contribution is -2.29. The second kappa shape index (κ2) is 7.86. The molecular weight excluding hydrogens is 427 g/mol. The Bertz CT molecular complexity index is 1150. The Kier molecular flexibility index (Phi) is 5.33. The molecule has 3 heterocycles. The predicted octanol–water partition coefficient (Wildman–Crippen LogP) is 5.32. The summed E-state index contributed by atoms with van der Waals surface area (Å²) in [5.41, 5.74) is 6.44. The number of carbonyl (C=O) groups is 1. The van der Waals surface area contributed by atoms with Crippen molar-refractivity contribution in [1.82, 2.24) is 10.4 Å². The zero-order valence-corrected chi connectivity index (χ0v) is 17.5. The molecule has 1 aliphatic rings. The van der Waals surface area contributed by atoms with E-state index in [1.807, 2.05) is 32.9 Å². The fraction of sp³-hybridized carbons (Fsp3) is 0.273. The highest BCUT2D eigenvalue weighted by Crippen LogP contribution is 2.40. The molecule has 0 radical (unpaired) electrons. The summed E-state index contributed by atoms with van der Waals surface area (Å²) in [6, 6.07) is 8.77. The Labute approximate surface area is 181 Å². The van der Waals surface area contributed by atoms with Gasteiger partial charge in [0, 0.05) is 12.3 Å². The number of amides is 1. The van der Waals surface area contributed by atoms with Gasteiger partial charge < -0.3 is 13.9 Å². The third-order valence-electron chi connectivity index (χ3n) is 5.05. The third kappa shape index (κ3) is 4.40. The van der Waals surface area contributed by atoms with E-state index in [0.717, 1.165) is 28.8 Å². The van der Waals surface area contributed by atoms with Crippen LogP contribution >= 0.6 is 0 Å². The molecule has 0 spiro atoms. The van der Waals surface area contributed by atoms with E-state index in [1.54, 1.807) is 0 Å². The lowest BCUT2D eigenvalue weighted by molar-refractivity contribution is -0.137. The second-order valence-corrected chi connectivity index (χ2v) is 7.80. The number of halogens is 3. The van der Waals surface area contributed by atoms with E-state index < -0.39 is 23.2 Å². The van der Waals surface area contributed by atoms with Crippen molar-refractivity contribution in [3.05, 3.63) is 70.6 Å². The number of benzene rings is 1. The summed E-state index contributed by atoms with van der Waals surface area (Å²) in [5, 5.41) is 0. The van der Waals surface area contributed by atoms with Gasteiger partial charge >= 0.3 is 12.1 Å². The molecule has 168 valence electrons. The van der Waals surface area contributed by atoms with Crippen LogP contribution in [0.5, 0.6) is 11.7 Å². The van der Waals surface area contributed by atoms with Crippen LogP contribution in [-0.4, -0.2) is 10.9 Å². The number of anilines is 1. The summed E-state index contributed by atoms with van der Waals surface area (Å²) in [4.78, 5) is 15.9. The first-order valence-electron chi connectivity index (χ1n) is 9.68. The molecular formula is C22H20F3N3O4. The summed E-state index contributed by atoms with van der Waals surface area (Å²) in [5.74, 6) is 0.0231. The van der Waals surface area contributed by atoms with E-state index in [4.69, 9.17) is 13.9 Å². The van der Waals surface area contributed by atoms with Crippen LogP contribution in [0.4, 0.5) is 19.0 Å². The Morgan fingerprint density at radius 2 is 1.97 bits per heavy atom. The minimum absolute atomic E-state index is 0.0352. The number of aryl methyl sites for hydroxylation is 1. The van der Waals surface area contributed by atoms with Gasteiger partial charge in [0.2, 0.25) is 0 Å². The van der Waals surface area contributed by atoms with Crippen LogP contribution in [0, 0.1) is 6.92 Å². The molecule has 7 nitrogen and oxygen atoms in total.